The highest BCUT2D eigenvalue weighted by Gasteiger charge is 1.99. The molecule has 0 aliphatic carbocycles. The summed E-state index contributed by atoms with van der Waals surface area (Å²) in [5, 5.41) is 10.6. The van der Waals surface area contributed by atoms with Gasteiger partial charge in [0, 0.05) is 18.8 Å². The highest BCUT2D eigenvalue weighted by atomic mass is 79.9. The SMILES string of the molecule is Nc1cc(Br)nc(NCCn2ccnn2)n1. The van der Waals surface area contributed by atoms with E-state index < -0.39 is 0 Å². The molecule has 0 aliphatic rings. The number of rotatable bonds is 4. The van der Waals surface area contributed by atoms with Crippen LogP contribution in [0.1, 0.15) is 0 Å². The monoisotopic (exact) mass is 283 g/mol. The molecule has 0 fully saturated rings. The minimum absolute atomic E-state index is 0.421. The lowest BCUT2D eigenvalue weighted by Gasteiger charge is -2.05. The van der Waals surface area contributed by atoms with Crippen molar-refractivity contribution in [1.29, 1.82) is 0 Å². The van der Waals surface area contributed by atoms with Crippen molar-refractivity contribution in [2.24, 2.45) is 0 Å². The van der Waals surface area contributed by atoms with E-state index in [1.54, 1.807) is 23.1 Å². The molecule has 84 valence electrons. The van der Waals surface area contributed by atoms with Gasteiger partial charge in [0.25, 0.3) is 0 Å². The maximum Gasteiger partial charge on any atom is 0.225 e. The van der Waals surface area contributed by atoms with Crippen molar-refractivity contribution in [2.75, 3.05) is 17.6 Å². The van der Waals surface area contributed by atoms with Gasteiger partial charge in [-0.15, -0.1) is 5.10 Å². The number of hydrogen-bond acceptors (Lipinski definition) is 6. The number of nitrogen functional groups attached to an aromatic ring is 1. The largest absolute Gasteiger partial charge is 0.383 e. The zero-order chi connectivity index (χ0) is 11.4. The van der Waals surface area contributed by atoms with E-state index in [0.717, 1.165) is 0 Å². The van der Waals surface area contributed by atoms with Crippen molar-refractivity contribution >= 4 is 27.7 Å². The summed E-state index contributed by atoms with van der Waals surface area (Å²) in [6.07, 6.45) is 3.42. The van der Waals surface area contributed by atoms with Gasteiger partial charge in [0.15, 0.2) is 0 Å². The Kier molecular flexibility index (Phi) is 3.30. The standard InChI is InChI=1S/C8H10BrN7/c9-6-5-7(10)14-8(13-6)11-1-3-16-4-2-12-15-16/h2,4-5H,1,3H2,(H3,10,11,13,14). The first-order chi connectivity index (χ1) is 7.74. The van der Waals surface area contributed by atoms with E-state index in [1.807, 2.05) is 0 Å². The number of anilines is 2. The van der Waals surface area contributed by atoms with Gasteiger partial charge < -0.3 is 11.1 Å². The van der Waals surface area contributed by atoms with Crippen molar-refractivity contribution in [3.8, 4) is 0 Å². The topological polar surface area (TPSA) is 94.5 Å². The molecule has 0 aliphatic heterocycles. The molecule has 2 heterocycles. The lowest BCUT2D eigenvalue weighted by molar-refractivity contribution is 0.607. The van der Waals surface area contributed by atoms with Crippen LogP contribution >= 0.6 is 15.9 Å². The smallest absolute Gasteiger partial charge is 0.225 e. The van der Waals surface area contributed by atoms with Gasteiger partial charge in [-0.3, -0.25) is 4.68 Å². The maximum atomic E-state index is 5.58. The van der Waals surface area contributed by atoms with Gasteiger partial charge in [0.2, 0.25) is 5.95 Å². The van der Waals surface area contributed by atoms with E-state index in [2.05, 4.69) is 41.5 Å². The van der Waals surface area contributed by atoms with Crippen molar-refractivity contribution in [1.82, 2.24) is 25.0 Å². The maximum absolute atomic E-state index is 5.58. The Hall–Kier alpha value is -1.70. The highest BCUT2D eigenvalue weighted by Crippen LogP contribution is 2.11. The third kappa shape index (κ3) is 2.89. The third-order valence-corrected chi connectivity index (χ3v) is 2.22. The summed E-state index contributed by atoms with van der Waals surface area (Å²) in [6, 6.07) is 1.64. The molecule has 0 amide bonds. The normalized spacial score (nSPS) is 10.3. The Labute approximate surface area is 100 Å². The molecule has 0 bridgehead atoms. The summed E-state index contributed by atoms with van der Waals surface area (Å²) in [4.78, 5) is 8.16. The van der Waals surface area contributed by atoms with Crippen LogP contribution in [0, 0.1) is 0 Å². The number of hydrogen-bond donors (Lipinski definition) is 2. The van der Waals surface area contributed by atoms with Gasteiger partial charge in [-0.05, 0) is 15.9 Å². The van der Waals surface area contributed by atoms with E-state index in [4.69, 9.17) is 5.73 Å². The average Bonchev–Trinajstić information content (AvgIpc) is 2.69. The summed E-state index contributed by atoms with van der Waals surface area (Å²) in [5.41, 5.74) is 5.58. The molecule has 16 heavy (non-hydrogen) atoms. The summed E-state index contributed by atoms with van der Waals surface area (Å²) in [5.74, 6) is 0.914. The van der Waals surface area contributed by atoms with Gasteiger partial charge >= 0.3 is 0 Å². The molecule has 0 saturated carbocycles. The first-order valence-electron chi connectivity index (χ1n) is 4.62. The van der Waals surface area contributed by atoms with Crippen molar-refractivity contribution < 1.29 is 0 Å². The molecule has 0 spiro atoms. The molecular weight excluding hydrogens is 274 g/mol. The number of aromatic nitrogens is 5. The van der Waals surface area contributed by atoms with Crippen molar-refractivity contribution in [3.63, 3.8) is 0 Å². The quantitative estimate of drug-likeness (QED) is 0.795. The van der Waals surface area contributed by atoms with Crippen LogP contribution < -0.4 is 11.1 Å². The summed E-state index contributed by atoms with van der Waals surface area (Å²) in [6.45, 7) is 1.34. The van der Waals surface area contributed by atoms with Crippen LogP contribution in [0.3, 0.4) is 0 Å². The number of nitrogens with one attached hydrogen (secondary N) is 1. The Balaban J connectivity index is 1.89. The molecule has 2 aromatic heterocycles. The fourth-order valence-corrected chi connectivity index (χ4v) is 1.55. The second-order valence-electron chi connectivity index (χ2n) is 3.03. The predicted octanol–water partition coefficient (Wildman–Crippen LogP) is 0.525. The van der Waals surface area contributed by atoms with E-state index in [9.17, 15) is 0 Å². The Bertz CT molecular complexity index is 435. The summed E-state index contributed by atoms with van der Waals surface area (Å²) >= 11 is 3.24. The highest BCUT2D eigenvalue weighted by molar-refractivity contribution is 9.10. The van der Waals surface area contributed by atoms with Crippen LogP contribution in [0.2, 0.25) is 0 Å². The molecule has 8 heteroatoms. The van der Waals surface area contributed by atoms with Crippen LogP contribution in [-0.4, -0.2) is 31.5 Å². The average molecular weight is 284 g/mol. The second kappa shape index (κ2) is 4.88. The molecular formula is C8H10BrN7. The number of halogens is 1. The summed E-state index contributed by atoms with van der Waals surface area (Å²) < 4.78 is 2.37. The molecule has 0 aromatic carbocycles. The fraction of sp³-hybridized carbons (Fsp3) is 0.250. The Morgan fingerprint density at radius 3 is 3.00 bits per heavy atom. The zero-order valence-electron chi connectivity index (χ0n) is 8.34. The van der Waals surface area contributed by atoms with Crippen LogP contribution in [0.15, 0.2) is 23.1 Å². The van der Waals surface area contributed by atoms with Gasteiger partial charge in [-0.25, -0.2) is 4.98 Å². The lowest BCUT2D eigenvalue weighted by Crippen LogP contribution is -2.13. The first kappa shape index (κ1) is 10.8. The molecule has 0 radical (unpaired) electrons. The van der Waals surface area contributed by atoms with Crippen molar-refractivity contribution in [3.05, 3.63) is 23.1 Å². The van der Waals surface area contributed by atoms with Crippen LogP contribution in [0.25, 0.3) is 0 Å². The lowest BCUT2D eigenvalue weighted by atomic mass is 10.6. The van der Waals surface area contributed by atoms with Crippen LogP contribution in [-0.2, 0) is 6.54 Å². The first-order valence-corrected chi connectivity index (χ1v) is 5.41. The van der Waals surface area contributed by atoms with E-state index in [-0.39, 0.29) is 0 Å². The molecule has 0 saturated heterocycles. The predicted molar refractivity (Wildman–Crippen MR) is 62.7 cm³/mol. The van der Waals surface area contributed by atoms with E-state index in [1.165, 1.54) is 0 Å². The van der Waals surface area contributed by atoms with Crippen molar-refractivity contribution in [2.45, 2.75) is 6.54 Å². The molecule has 0 atom stereocenters. The van der Waals surface area contributed by atoms with Gasteiger partial charge in [-0.1, -0.05) is 5.21 Å². The second-order valence-corrected chi connectivity index (χ2v) is 3.84. The van der Waals surface area contributed by atoms with Gasteiger partial charge in [-0.2, -0.15) is 4.98 Å². The van der Waals surface area contributed by atoms with Gasteiger partial charge in [0.05, 0.1) is 12.7 Å². The fourth-order valence-electron chi connectivity index (χ4n) is 1.15. The molecule has 3 N–H and O–H groups in total. The minimum atomic E-state index is 0.421. The molecule has 2 rings (SSSR count). The minimum Gasteiger partial charge on any atom is -0.383 e. The van der Waals surface area contributed by atoms with Crippen LogP contribution in [0.4, 0.5) is 11.8 Å². The Morgan fingerprint density at radius 2 is 2.31 bits per heavy atom. The zero-order valence-corrected chi connectivity index (χ0v) is 9.92. The van der Waals surface area contributed by atoms with Crippen LogP contribution in [0.5, 0.6) is 0 Å². The number of nitrogens with two attached hydrogens (primary N) is 1. The third-order valence-electron chi connectivity index (χ3n) is 1.81. The van der Waals surface area contributed by atoms with E-state index in [0.29, 0.717) is 29.5 Å². The molecule has 0 unspecified atom stereocenters. The summed E-state index contributed by atoms with van der Waals surface area (Å²) in [7, 11) is 0. The Morgan fingerprint density at radius 1 is 1.44 bits per heavy atom. The number of nitrogens with zero attached hydrogens (tertiary/aromatic N) is 5. The molecule has 7 nitrogen and oxygen atoms in total. The van der Waals surface area contributed by atoms with Gasteiger partial charge in [0.1, 0.15) is 10.4 Å². The molecule has 2 aromatic rings. The van der Waals surface area contributed by atoms with E-state index >= 15 is 0 Å².